The van der Waals surface area contributed by atoms with E-state index in [1.807, 2.05) is 18.3 Å². The number of piperazine rings is 1. The van der Waals surface area contributed by atoms with Crippen molar-refractivity contribution in [2.24, 2.45) is 0 Å². The molecule has 1 saturated carbocycles. The third-order valence-electron chi connectivity index (χ3n) is 5.98. The van der Waals surface area contributed by atoms with Crippen molar-refractivity contribution >= 4 is 0 Å². The Labute approximate surface area is 156 Å². The SMILES string of the molecule is OCC[C@@H]1CN(Cc2cccn2-c2ccccn2)CCN1C1CCCC1. The van der Waals surface area contributed by atoms with Gasteiger partial charge in [-0.25, -0.2) is 4.98 Å². The van der Waals surface area contributed by atoms with E-state index >= 15 is 0 Å². The fraction of sp³-hybridized carbons (Fsp3) is 0.571. The van der Waals surface area contributed by atoms with Crippen molar-refractivity contribution in [3.8, 4) is 5.82 Å². The van der Waals surface area contributed by atoms with Crippen molar-refractivity contribution in [1.29, 1.82) is 0 Å². The van der Waals surface area contributed by atoms with Crippen LogP contribution in [0, 0.1) is 0 Å². The summed E-state index contributed by atoms with van der Waals surface area (Å²) in [5.41, 5.74) is 1.28. The lowest BCUT2D eigenvalue weighted by Crippen LogP contribution is -2.56. The summed E-state index contributed by atoms with van der Waals surface area (Å²) >= 11 is 0. The first kappa shape index (κ1) is 17.7. The predicted molar refractivity (Wildman–Crippen MR) is 103 cm³/mol. The van der Waals surface area contributed by atoms with Crippen LogP contribution >= 0.6 is 0 Å². The maximum Gasteiger partial charge on any atom is 0.136 e. The van der Waals surface area contributed by atoms with E-state index in [0.29, 0.717) is 6.04 Å². The van der Waals surface area contributed by atoms with E-state index < -0.39 is 0 Å². The number of pyridine rings is 1. The van der Waals surface area contributed by atoms with Crippen LogP contribution in [0.2, 0.25) is 0 Å². The first-order valence-electron chi connectivity index (χ1n) is 10.0. The minimum absolute atomic E-state index is 0.284. The Morgan fingerprint density at radius 3 is 2.73 bits per heavy atom. The van der Waals surface area contributed by atoms with Crippen LogP contribution in [-0.2, 0) is 6.54 Å². The van der Waals surface area contributed by atoms with Crippen molar-refractivity contribution in [1.82, 2.24) is 19.4 Å². The maximum atomic E-state index is 9.56. The molecule has 0 unspecified atom stereocenters. The summed E-state index contributed by atoms with van der Waals surface area (Å²) in [6.07, 6.45) is 10.2. The molecule has 2 aromatic heterocycles. The van der Waals surface area contributed by atoms with Gasteiger partial charge in [-0.3, -0.25) is 9.80 Å². The highest BCUT2D eigenvalue weighted by Crippen LogP contribution is 2.28. The van der Waals surface area contributed by atoms with E-state index in [0.717, 1.165) is 44.5 Å². The van der Waals surface area contributed by atoms with Gasteiger partial charge < -0.3 is 9.67 Å². The molecule has 0 aromatic carbocycles. The number of nitrogens with zero attached hydrogens (tertiary/aromatic N) is 4. The van der Waals surface area contributed by atoms with Gasteiger partial charge in [0, 0.05) is 63.0 Å². The highest BCUT2D eigenvalue weighted by Gasteiger charge is 2.33. The van der Waals surface area contributed by atoms with Gasteiger partial charge in [0.1, 0.15) is 5.82 Å². The van der Waals surface area contributed by atoms with E-state index in [1.54, 1.807) is 0 Å². The van der Waals surface area contributed by atoms with Crippen molar-refractivity contribution in [2.45, 2.75) is 50.7 Å². The number of hydrogen-bond donors (Lipinski definition) is 1. The molecular formula is C21H30N4O. The molecule has 2 aromatic rings. The Morgan fingerprint density at radius 1 is 1.08 bits per heavy atom. The van der Waals surface area contributed by atoms with Gasteiger partial charge in [-0.15, -0.1) is 0 Å². The maximum absolute atomic E-state index is 9.56. The van der Waals surface area contributed by atoms with Gasteiger partial charge in [0.05, 0.1) is 0 Å². The van der Waals surface area contributed by atoms with Crippen molar-refractivity contribution in [3.05, 3.63) is 48.4 Å². The molecule has 4 rings (SSSR count). The molecule has 2 fully saturated rings. The van der Waals surface area contributed by atoms with Crippen LogP contribution in [0.15, 0.2) is 42.7 Å². The van der Waals surface area contributed by atoms with Crippen molar-refractivity contribution in [3.63, 3.8) is 0 Å². The highest BCUT2D eigenvalue weighted by molar-refractivity contribution is 5.27. The van der Waals surface area contributed by atoms with E-state index in [9.17, 15) is 5.11 Å². The molecule has 1 atom stereocenters. The summed E-state index contributed by atoms with van der Waals surface area (Å²) < 4.78 is 2.18. The second kappa shape index (κ2) is 8.33. The zero-order valence-electron chi connectivity index (χ0n) is 15.5. The summed E-state index contributed by atoms with van der Waals surface area (Å²) in [5.74, 6) is 0.976. The molecule has 26 heavy (non-hydrogen) atoms. The standard InChI is InChI=1S/C21H30N4O/c26-15-10-20-17-23(13-14-24(20)18-6-1-2-7-18)16-19-8-5-12-25(19)21-9-3-4-11-22-21/h3-5,8-9,11-12,18,20,26H,1-2,6-7,10,13-17H2/t20-/m1/s1. The lowest BCUT2D eigenvalue weighted by Gasteiger charge is -2.44. The van der Waals surface area contributed by atoms with Crippen LogP contribution in [0.5, 0.6) is 0 Å². The van der Waals surface area contributed by atoms with Gasteiger partial charge in [-0.05, 0) is 43.5 Å². The fourth-order valence-corrected chi connectivity index (χ4v) is 4.69. The van der Waals surface area contributed by atoms with Gasteiger partial charge in [0.25, 0.3) is 0 Å². The molecule has 1 N–H and O–H groups in total. The van der Waals surface area contributed by atoms with Gasteiger partial charge in [-0.1, -0.05) is 18.9 Å². The summed E-state index contributed by atoms with van der Waals surface area (Å²) in [6.45, 7) is 4.49. The number of aliphatic hydroxyl groups excluding tert-OH is 1. The van der Waals surface area contributed by atoms with Gasteiger partial charge in [0.2, 0.25) is 0 Å². The van der Waals surface area contributed by atoms with Crippen molar-refractivity contribution < 1.29 is 5.11 Å². The van der Waals surface area contributed by atoms with Gasteiger partial charge >= 0.3 is 0 Å². The van der Waals surface area contributed by atoms with E-state index in [2.05, 4.69) is 43.7 Å². The van der Waals surface area contributed by atoms with Crippen LogP contribution in [0.3, 0.4) is 0 Å². The van der Waals surface area contributed by atoms with Crippen LogP contribution in [0.25, 0.3) is 5.82 Å². The first-order valence-corrected chi connectivity index (χ1v) is 10.0. The van der Waals surface area contributed by atoms with Crippen molar-refractivity contribution in [2.75, 3.05) is 26.2 Å². The molecule has 1 aliphatic heterocycles. The number of aliphatic hydroxyl groups is 1. The van der Waals surface area contributed by atoms with Crippen LogP contribution in [0.4, 0.5) is 0 Å². The molecule has 140 valence electrons. The summed E-state index contributed by atoms with van der Waals surface area (Å²) in [7, 11) is 0. The Kier molecular flexibility index (Phi) is 5.68. The third-order valence-corrected chi connectivity index (χ3v) is 5.98. The molecule has 0 spiro atoms. The van der Waals surface area contributed by atoms with Crippen LogP contribution in [-0.4, -0.2) is 62.8 Å². The van der Waals surface area contributed by atoms with E-state index in [1.165, 1.54) is 31.4 Å². The molecule has 2 aliphatic rings. The third kappa shape index (κ3) is 3.85. The highest BCUT2D eigenvalue weighted by atomic mass is 16.3. The normalized spacial score (nSPS) is 22.9. The smallest absolute Gasteiger partial charge is 0.136 e. The number of aromatic nitrogens is 2. The largest absolute Gasteiger partial charge is 0.396 e. The molecule has 0 radical (unpaired) electrons. The molecule has 0 amide bonds. The zero-order chi connectivity index (χ0) is 17.8. The summed E-state index contributed by atoms with van der Waals surface area (Å²) in [6, 6.07) is 11.6. The second-order valence-electron chi connectivity index (χ2n) is 7.63. The predicted octanol–water partition coefficient (Wildman–Crippen LogP) is 2.68. The lowest BCUT2D eigenvalue weighted by atomic mass is 10.0. The molecule has 1 saturated heterocycles. The Bertz CT molecular complexity index is 680. The molecule has 5 heteroatoms. The Morgan fingerprint density at radius 2 is 1.96 bits per heavy atom. The quantitative estimate of drug-likeness (QED) is 0.866. The van der Waals surface area contributed by atoms with Crippen LogP contribution < -0.4 is 0 Å². The molecule has 1 aliphatic carbocycles. The Hall–Kier alpha value is -1.69. The van der Waals surface area contributed by atoms with Gasteiger partial charge in [0.15, 0.2) is 0 Å². The minimum Gasteiger partial charge on any atom is -0.396 e. The molecule has 5 nitrogen and oxygen atoms in total. The van der Waals surface area contributed by atoms with Gasteiger partial charge in [-0.2, -0.15) is 0 Å². The molecular weight excluding hydrogens is 324 g/mol. The fourth-order valence-electron chi connectivity index (χ4n) is 4.69. The molecule has 3 heterocycles. The minimum atomic E-state index is 0.284. The first-order chi connectivity index (χ1) is 12.8. The topological polar surface area (TPSA) is 44.5 Å². The average Bonchev–Trinajstić information content (AvgIpc) is 3.35. The average molecular weight is 354 g/mol. The number of hydrogen-bond acceptors (Lipinski definition) is 4. The lowest BCUT2D eigenvalue weighted by molar-refractivity contribution is 0.0261. The Balaban J connectivity index is 1.44. The molecule has 0 bridgehead atoms. The monoisotopic (exact) mass is 354 g/mol. The second-order valence-corrected chi connectivity index (χ2v) is 7.63. The summed E-state index contributed by atoms with van der Waals surface area (Å²) in [4.78, 5) is 9.72. The van der Waals surface area contributed by atoms with E-state index in [4.69, 9.17) is 0 Å². The van der Waals surface area contributed by atoms with E-state index in [-0.39, 0.29) is 6.61 Å². The van der Waals surface area contributed by atoms with Crippen LogP contribution in [0.1, 0.15) is 37.8 Å². The number of rotatable bonds is 6. The summed E-state index contributed by atoms with van der Waals surface area (Å²) in [5, 5.41) is 9.56. The zero-order valence-corrected chi connectivity index (χ0v) is 15.5.